The van der Waals surface area contributed by atoms with Crippen molar-refractivity contribution in [3.63, 3.8) is 0 Å². The first-order valence-electron chi connectivity index (χ1n) is 6.00. The molecule has 2 rings (SSSR count). The number of nitrogens with two attached hydrogens (primary N) is 1. The van der Waals surface area contributed by atoms with Gasteiger partial charge in [0.15, 0.2) is 0 Å². The van der Waals surface area contributed by atoms with E-state index in [0.717, 1.165) is 5.01 Å². The molecular weight excluding hydrogens is 358 g/mol. The van der Waals surface area contributed by atoms with E-state index in [-0.39, 0.29) is 16.9 Å². The molecule has 0 aliphatic carbocycles. The highest BCUT2D eigenvalue weighted by Gasteiger charge is 2.16. The molecule has 0 aliphatic rings. The number of hydrogen-bond acceptors (Lipinski definition) is 5. The lowest BCUT2D eigenvalue weighted by Gasteiger charge is -2.07. The standard InChI is InChI=1S/C13H12BrN3O3S/c14-7-1-2-9(8(5-7)13(19)20)17-12(18)10-6-21-11(16-10)3-4-15/h1-2,5-6H,3-4,15H2,(H,17,18)(H,19,20). The quantitative estimate of drug-likeness (QED) is 0.749. The average molecular weight is 370 g/mol. The number of benzene rings is 1. The molecule has 4 N–H and O–H groups in total. The molecule has 1 aromatic heterocycles. The highest BCUT2D eigenvalue weighted by atomic mass is 79.9. The number of halogens is 1. The van der Waals surface area contributed by atoms with Crippen LogP contribution in [0, 0.1) is 0 Å². The Morgan fingerprint density at radius 2 is 2.19 bits per heavy atom. The Labute approximate surface area is 133 Å². The zero-order valence-electron chi connectivity index (χ0n) is 10.8. The van der Waals surface area contributed by atoms with Gasteiger partial charge in [-0.2, -0.15) is 0 Å². The number of nitrogens with zero attached hydrogens (tertiary/aromatic N) is 1. The van der Waals surface area contributed by atoms with Crippen LogP contribution in [-0.4, -0.2) is 28.5 Å². The number of rotatable bonds is 5. The molecule has 0 radical (unpaired) electrons. The second kappa shape index (κ2) is 6.79. The van der Waals surface area contributed by atoms with E-state index in [1.165, 1.54) is 23.5 Å². The Morgan fingerprint density at radius 1 is 1.43 bits per heavy atom. The van der Waals surface area contributed by atoms with Crippen LogP contribution < -0.4 is 11.1 Å². The van der Waals surface area contributed by atoms with E-state index < -0.39 is 11.9 Å². The van der Waals surface area contributed by atoms with Gasteiger partial charge in [-0.05, 0) is 24.7 Å². The number of carbonyl (C=O) groups excluding carboxylic acids is 1. The molecule has 8 heteroatoms. The largest absolute Gasteiger partial charge is 0.478 e. The number of aromatic carboxylic acids is 1. The minimum Gasteiger partial charge on any atom is -0.478 e. The number of carboxylic acids is 1. The van der Waals surface area contributed by atoms with Crippen molar-refractivity contribution in [2.45, 2.75) is 6.42 Å². The van der Waals surface area contributed by atoms with E-state index >= 15 is 0 Å². The summed E-state index contributed by atoms with van der Waals surface area (Å²) >= 11 is 4.55. The maximum Gasteiger partial charge on any atom is 0.337 e. The number of anilines is 1. The topological polar surface area (TPSA) is 105 Å². The summed E-state index contributed by atoms with van der Waals surface area (Å²) in [5, 5.41) is 14.1. The highest BCUT2D eigenvalue weighted by Crippen LogP contribution is 2.22. The van der Waals surface area contributed by atoms with Crippen LogP contribution in [0.3, 0.4) is 0 Å². The van der Waals surface area contributed by atoms with Gasteiger partial charge in [0.1, 0.15) is 5.69 Å². The number of aromatic nitrogens is 1. The number of nitrogens with one attached hydrogen (secondary N) is 1. The van der Waals surface area contributed by atoms with Crippen LogP contribution in [0.5, 0.6) is 0 Å². The van der Waals surface area contributed by atoms with Gasteiger partial charge in [-0.15, -0.1) is 11.3 Å². The highest BCUT2D eigenvalue weighted by molar-refractivity contribution is 9.10. The Balaban J connectivity index is 2.20. The van der Waals surface area contributed by atoms with Gasteiger partial charge in [-0.25, -0.2) is 9.78 Å². The third-order valence-corrected chi connectivity index (χ3v) is 4.00. The van der Waals surface area contributed by atoms with Crippen LogP contribution in [0.25, 0.3) is 0 Å². The molecule has 1 amide bonds. The van der Waals surface area contributed by atoms with Crippen molar-refractivity contribution in [2.24, 2.45) is 5.73 Å². The minimum absolute atomic E-state index is 0.00939. The summed E-state index contributed by atoms with van der Waals surface area (Å²) < 4.78 is 0.622. The van der Waals surface area contributed by atoms with E-state index in [2.05, 4.69) is 26.2 Å². The average Bonchev–Trinajstić information content (AvgIpc) is 2.89. The monoisotopic (exact) mass is 369 g/mol. The van der Waals surface area contributed by atoms with Crippen molar-refractivity contribution in [3.05, 3.63) is 44.3 Å². The molecule has 0 unspecified atom stereocenters. The maximum atomic E-state index is 12.1. The van der Waals surface area contributed by atoms with Crippen LogP contribution in [-0.2, 0) is 6.42 Å². The predicted octanol–water partition coefficient (Wildman–Crippen LogP) is 2.36. The van der Waals surface area contributed by atoms with Gasteiger partial charge in [-0.3, -0.25) is 4.79 Å². The maximum absolute atomic E-state index is 12.1. The summed E-state index contributed by atoms with van der Waals surface area (Å²) in [5.74, 6) is -1.56. The Kier molecular flexibility index (Phi) is 5.05. The summed E-state index contributed by atoms with van der Waals surface area (Å²) in [5.41, 5.74) is 5.92. The lowest BCUT2D eigenvalue weighted by Crippen LogP contribution is -2.15. The van der Waals surface area contributed by atoms with Crippen LogP contribution in [0.4, 0.5) is 5.69 Å². The summed E-state index contributed by atoms with van der Waals surface area (Å²) in [7, 11) is 0. The molecule has 0 saturated carbocycles. The molecule has 0 atom stereocenters. The van der Waals surface area contributed by atoms with Crippen molar-refractivity contribution in [2.75, 3.05) is 11.9 Å². The fourth-order valence-electron chi connectivity index (χ4n) is 1.64. The molecule has 110 valence electrons. The lowest BCUT2D eigenvalue weighted by molar-refractivity contribution is 0.0698. The van der Waals surface area contributed by atoms with Crippen LogP contribution in [0.15, 0.2) is 28.1 Å². The van der Waals surface area contributed by atoms with E-state index in [1.807, 2.05) is 0 Å². The third-order valence-electron chi connectivity index (χ3n) is 2.60. The summed E-state index contributed by atoms with van der Waals surface area (Å²) in [6, 6.07) is 4.61. The minimum atomic E-state index is -1.12. The molecule has 0 fully saturated rings. The molecule has 21 heavy (non-hydrogen) atoms. The first kappa shape index (κ1) is 15.6. The van der Waals surface area contributed by atoms with E-state index in [4.69, 9.17) is 10.8 Å². The second-order valence-corrected chi connectivity index (χ2v) is 5.97. The van der Waals surface area contributed by atoms with E-state index in [1.54, 1.807) is 11.4 Å². The van der Waals surface area contributed by atoms with Gasteiger partial charge in [-0.1, -0.05) is 15.9 Å². The zero-order valence-corrected chi connectivity index (χ0v) is 13.2. The predicted molar refractivity (Wildman–Crippen MR) is 83.9 cm³/mol. The Bertz CT molecular complexity index is 687. The number of carboxylic acid groups (broad SMARTS) is 1. The lowest BCUT2D eigenvalue weighted by atomic mass is 10.2. The molecule has 1 heterocycles. The van der Waals surface area contributed by atoms with Gasteiger partial charge in [0, 0.05) is 16.3 Å². The number of amides is 1. The first-order valence-corrected chi connectivity index (χ1v) is 7.67. The van der Waals surface area contributed by atoms with Gasteiger partial charge >= 0.3 is 5.97 Å². The normalized spacial score (nSPS) is 10.4. The van der Waals surface area contributed by atoms with E-state index in [9.17, 15) is 9.59 Å². The van der Waals surface area contributed by atoms with Gasteiger partial charge in [0.05, 0.1) is 16.3 Å². The number of hydrogen-bond donors (Lipinski definition) is 3. The van der Waals surface area contributed by atoms with Crippen LogP contribution in [0.2, 0.25) is 0 Å². The van der Waals surface area contributed by atoms with Crippen molar-refractivity contribution >= 4 is 44.8 Å². The Morgan fingerprint density at radius 3 is 2.86 bits per heavy atom. The third kappa shape index (κ3) is 3.87. The Hall–Kier alpha value is -1.77. The number of thiazole rings is 1. The molecule has 0 aliphatic heterocycles. The zero-order chi connectivity index (χ0) is 15.4. The SMILES string of the molecule is NCCc1nc(C(=O)Nc2ccc(Br)cc2C(=O)O)cs1. The second-order valence-electron chi connectivity index (χ2n) is 4.11. The van der Waals surface area contributed by atoms with Gasteiger partial charge in [0.25, 0.3) is 5.91 Å². The summed E-state index contributed by atoms with van der Waals surface area (Å²) in [6.07, 6.45) is 0.608. The summed E-state index contributed by atoms with van der Waals surface area (Å²) in [4.78, 5) is 27.4. The molecule has 0 bridgehead atoms. The fourth-order valence-corrected chi connectivity index (χ4v) is 2.80. The van der Waals surface area contributed by atoms with Crippen molar-refractivity contribution in [1.29, 1.82) is 0 Å². The van der Waals surface area contributed by atoms with E-state index in [0.29, 0.717) is 17.4 Å². The molecule has 2 aromatic rings. The molecule has 0 spiro atoms. The summed E-state index contributed by atoms with van der Waals surface area (Å²) in [6.45, 7) is 0.463. The molecular formula is C13H12BrN3O3S. The van der Waals surface area contributed by atoms with Crippen molar-refractivity contribution in [1.82, 2.24) is 4.98 Å². The van der Waals surface area contributed by atoms with Crippen LogP contribution in [0.1, 0.15) is 25.9 Å². The number of carbonyl (C=O) groups is 2. The molecule has 1 aromatic carbocycles. The van der Waals surface area contributed by atoms with Crippen molar-refractivity contribution < 1.29 is 14.7 Å². The molecule has 6 nitrogen and oxygen atoms in total. The first-order chi connectivity index (χ1) is 10.0. The molecule has 0 saturated heterocycles. The van der Waals surface area contributed by atoms with Crippen LogP contribution >= 0.6 is 27.3 Å². The van der Waals surface area contributed by atoms with Gasteiger partial charge in [0.2, 0.25) is 0 Å². The smallest absolute Gasteiger partial charge is 0.337 e. The van der Waals surface area contributed by atoms with Crippen molar-refractivity contribution in [3.8, 4) is 0 Å². The fraction of sp³-hybridized carbons (Fsp3) is 0.154. The van der Waals surface area contributed by atoms with Gasteiger partial charge < -0.3 is 16.2 Å².